The van der Waals surface area contributed by atoms with Gasteiger partial charge in [-0.25, -0.2) is 4.79 Å². The van der Waals surface area contributed by atoms with Crippen LogP contribution < -0.4 is 0 Å². The second kappa shape index (κ2) is 7.14. The molecule has 6 heteroatoms. The lowest BCUT2D eigenvalue weighted by molar-refractivity contribution is -0.303. The molecule has 0 amide bonds. The summed E-state index contributed by atoms with van der Waals surface area (Å²) in [5.41, 5.74) is -0.644. The Bertz CT molecular complexity index is 1040. The summed E-state index contributed by atoms with van der Waals surface area (Å²) in [4.78, 5) is 27.3. The van der Waals surface area contributed by atoms with Crippen LogP contribution >= 0.6 is 0 Å². The molecule has 0 aromatic rings. The van der Waals surface area contributed by atoms with Gasteiger partial charge in [0, 0.05) is 12.0 Å². The largest absolute Gasteiger partial charge is 0.451 e. The van der Waals surface area contributed by atoms with Crippen LogP contribution in [0.25, 0.3) is 0 Å². The first-order valence-electron chi connectivity index (χ1n) is 12.5. The van der Waals surface area contributed by atoms with Gasteiger partial charge in [-0.05, 0) is 75.4 Å². The van der Waals surface area contributed by atoms with E-state index in [0.29, 0.717) is 11.5 Å². The fourth-order valence-electron chi connectivity index (χ4n) is 7.69. The molecule has 5 rings (SSSR count). The third-order valence-electron chi connectivity index (χ3n) is 9.31. The molecule has 34 heavy (non-hydrogen) atoms. The normalized spacial score (nSPS) is 45.4. The van der Waals surface area contributed by atoms with Gasteiger partial charge in [-0.15, -0.1) is 0 Å². The Morgan fingerprint density at radius 3 is 2.56 bits per heavy atom. The van der Waals surface area contributed by atoms with E-state index in [1.54, 1.807) is 0 Å². The maximum absolute atomic E-state index is 14.6. The van der Waals surface area contributed by atoms with Crippen molar-refractivity contribution in [1.29, 1.82) is 0 Å². The molecule has 2 bridgehead atoms. The van der Waals surface area contributed by atoms with Crippen LogP contribution in [-0.4, -0.2) is 47.1 Å². The monoisotopic (exact) mass is 470 g/mol. The van der Waals surface area contributed by atoms with Crippen LogP contribution in [0.3, 0.4) is 0 Å². The predicted octanol–water partition coefficient (Wildman–Crippen LogP) is 4.13. The molecule has 4 aliphatic carbocycles. The summed E-state index contributed by atoms with van der Waals surface area (Å²) in [6.45, 7) is 15.9. The molecule has 1 aliphatic heterocycles. The van der Waals surface area contributed by atoms with Crippen molar-refractivity contribution in [1.82, 2.24) is 0 Å². The van der Waals surface area contributed by atoms with E-state index in [-0.39, 0.29) is 35.6 Å². The molecule has 0 aromatic carbocycles. The number of ether oxygens (including phenoxy) is 3. The first-order chi connectivity index (χ1) is 15.7. The Balaban J connectivity index is 1.72. The van der Waals surface area contributed by atoms with Gasteiger partial charge in [0.15, 0.2) is 23.3 Å². The van der Waals surface area contributed by atoms with Gasteiger partial charge in [0.25, 0.3) is 0 Å². The third-order valence-corrected chi connectivity index (χ3v) is 9.31. The molecule has 7 unspecified atom stereocenters. The number of fused-ring (bicyclic) bond motifs is 5. The van der Waals surface area contributed by atoms with Crippen molar-refractivity contribution >= 4 is 11.8 Å². The van der Waals surface area contributed by atoms with Crippen LogP contribution in [0.5, 0.6) is 0 Å². The molecule has 2 saturated carbocycles. The molecule has 0 aromatic heterocycles. The van der Waals surface area contributed by atoms with Crippen LogP contribution in [0.4, 0.5) is 0 Å². The summed E-state index contributed by atoms with van der Waals surface area (Å²) in [7, 11) is 0. The SMILES string of the molecule is CC(C)=CC(=O)OC1C(C)=CC23C(=O)C(C=C4COC(C)(C)OC4C12O)C1C(C[C@H]3C)C1(C)C. The van der Waals surface area contributed by atoms with E-state index >= 15 is 0 Å². The van der Waals surface area contributed by atoms with Gasteiger partial charge in [0.1, 0.15) is 6.10 Å². The van der Waals surface area contributed by atoms with Gasteiger partial charge in [-0.1, -0.05) is 38.5 Å². The molecule has 5 aliphatic rings. The smallest absolute Gasteiger partial charge is 0.331 e. The van der Waals surface area contributed by atoms with Gasteiger partial charge in [-0.3, -0.25) is 4.79 Å². The number of ketones is 1. The summed E-state index contributed by atoms with van der Waals surface area (Å²) < 4.78 is 18.3. The van der Waals surface area contributed by atoms with Crippen LogP contribution in [0, 0.1) is 34.5 Å². The van der Waals surface area contributed by atoms with Crippen molar-refractivity contribution in [3.8, 4) is 0 Å². The molecule has 0 radical (unpaired) electrons. The maximum atomic E-state index is 14.6. The van der Waals surface area contributed by atoms with Gasteiger partial charge in [-0.2, -0.15) is 0 Å². The Morgan fingerprint density at radius 2 is 1.91 bits per heavy atom. The number of carbonyl (C=O) groups excluding carboxylic acids is 2. The average Bonchev–Trinajstić information content (AvgIpc) is 3.20. The van der Waals surface area contributed by atoms with Gasteiger partial charge in [0.05, 0.1) is 12.0 Å². The van der Waals surface area contributed by atoms with E-state index < -0.39 is 35.0 Å². The summed E-state index contributed by atoms with van der Waals surface area (Å²) in [5, 5.41) is 12.8. The van der Waals surface area contributed by atoms with E-state index in [0.717, 1.165) is 17.6 Å². The Morgan fingerprint density at radius 1 is 1.24 bits per heavy atom. The highest BCUT2D eigenvalue weighted by atomic mass is 16.7. The highest BCUT2D eigenvalue weighted by molar-refractivity contribution is 5.95. The molecule has 6 nitrogen and oxygen atoms in total. The third kappa shape index (κ3) is 2.97. The van der Waals surface area contributed by atoms with Crippen molar-refractivity contribution < 1.29 is 28.9 Å². The summed E-state index contributed by atoms with van der Waals surface area (Å²) in [6, 6.07) is 0. The molecule has 1 N–H and O–H groups in total. The molecule has 1 spiro atoms. The molecular formula is C28H38O6. The fourth-order valence-corrected chi connectivity index (χ4v) is 7.69. The number of aliphatic hydroxyl groups is 1. The molecule has 1 heterocycles. The number of esters is 1. The second-order valence-corrected chi connectivity index (χ2v) is 12.5. The maximum Gasteiger partial charge on any atom is 0.331 e. The number of rotatable bonds is 2. The van der Waals surface area contributed by atoms with Gasteiger partial charge >= 0.3 is 5.97 Å². The minimum absolute atomic E-state index is 0.0176. The Hall–Kier alpha value is -1.76. The van der Waals surface area contributed by atoms with Crippen molar-refractivity contribution in [2.75, 3.05) is 6.61 Å². The number of Topliss-reactive ketones (excluding diaryl/α,β-unsaturated/α-hetero) is 1. The van der Waals surface area contributed by atoms with E-state index in [2.05, 4.69) is 20.8 Å². The summed E-state index contributed by atoms with van der Waals surface area (Å²) in [6.07, 6.45) is 4.35. The van der Waals surface area contributed by atoms with Crippen LogP contribution in [0.2, 0.25) is 0 Å². The minimum atomic E-state index is -1.76. The van der Waals surface area contributed by atoms with Crippen molar-refractivity contribution in [3.05, 3.63) is 34.9 Å². The molecular weight excluding hydrogens is 432 g/mol. The molecule has 186 valence electrons. The van der Waals surface area contributed by atoms with E-state index in [4.69, 9.17) is 14.2 Å². The predicted molar refractivity (Wildman–Crippen MR) is 126 cm³/mol. The lowest BCUT2D eigenvalue weighted by Gasteiger charge is -2.52. The summed E-state index contributed by atoms with van der Waals surface area (Å²) in [5.74, 6) is -1.33. The molecule has 8 atom stereocenters. The standard InChI is InChI=1S/C28H38O6/c1-14(2)9-20(29)33-23-15(3)12-27-16(4)10-19-21(25(19,5)6)18(22(27)30)11-17-13-32-26(7,8)34-24(17)28(23,27)31/h9,11-12,16,18-19,21,23-24,31H,10,13H2,1-8H3/t16-,18?,19?,21?,23?,24?,27?,28?/m1/s1. The van der Waals surface area contributed by atoms with Crippen molar-refractivity contribution in [3.63, 3.8) is 0 Å². The molecule has 1 saturated heterocycles. The first kappa shape index (κ1) is 24.0. The number of carbonyl (C=O) groups is 2. The van der Waals surface area contributed by atoms with Crippen molar-refractivity contribution in [2.24, 2.45) is 34.5 Å². The zero-order chi connectivity index (χ0) is 25.0. The van der Waals surface area contributed by atoms with Crippen LogP contribution in [-0.2, 0) is 23.8 Å². The average molecular weight is 471 g/mol. The quantitative estimate of drug-likeness (QED) is 0.371. The Labute approximate surface area is 202 Å². The van der Waals surface area contributed by atoms with E-state index in [1.165, 1.54) is 6.08 Å². The molecule has 3 fully saturated rings. The van der Waals surface area contributed by atoms with Crippen LogP contribution in [0.1, 0.15) is 61.8 Å². The fraction of sp³-hybridized carbons (Fsp3) is 0.714. The minimum Gasteiger partial charge on any atom is -0.451 e. The van der Waals surface area contributed by atoms with E-state index in [9.17, 15) is 14.7 Å². The van der Waals surface area contributed by atoms with E-state index in [1.807, 2.05) is 46.8 Å². The zero-order valence-electron chi connectivity index (χ0n) is 21.6. The van der Waals surface area contributed by atoms with Crippen LogP contribution in [0.15, 0.2) is 34.9 Å². The number of allylic oxidation sites excluding steroid dienone is 2. The first-order valence-corrected chi connectivity index (χ1v) is 12.5. The number of hydrogen-bond donors (Lipinski definition) is 1. The zero-order valence-corrected chi connectivity index (χ0v) is 21.6. The lowest BCUT2D eigenvalue weighted by Crippen LogP contribution is -2.68. The van der Waals surface area contributed by atoms with Gasteiger partial charge < -0.3 is 19.3 Å². The van der Waals surface area contributed by atoms with Crippen molar-refractivity contribution in [2.45, 2.75) is 85.4 Å². The topological polar surface area (TPSA) is 82.1 Å². The highest BCUT2D eigenvalue weighted by Gasteiger charge is 2.77. The Kier molecular flexibility index (Phi) is 5.03. The second-order valence-electron chi connectivity index (χ2n) is 12.5. The van der Waals surface area contributed by atoms with Gasteiger partial charge in [0.2, 0.25) is 0 Å². The number of hydrogen-bond acceptors (Lipinski definition) is 6. The highest BCUT2D eigenvalue weighted by Crippen LogP contribution is 2.72. The lowest BCUT2D eigenvalue weighted by atomic mass is 9.59. The summed E-state index contributed by atoms with van der Waals surface area (Å²) >= 11 is 0.